The van der Waals surface area contributed by atoms with Crippen LogP contribution in [0.5, 0.6) is 0 Å². The van der Waals surface area contributed by atoms with Gasteiger partial charge in [0.15, 0.2) is 0 Å². The van der Waals surface area contributed by atoms with E-state index in [0.717, 1.165) is 24.3 Å². The fourth-order valence-corrected chi connectivity index (χ4v) is 3.86. The normalized spacial score (nSPS) is 22.9. The molecule has 7 heteroatoms. The number of anilines is 2. The van der Waals surface area contributed by atoms with E-state index in [1.165, 1.54) is 0 Å². The van der Waals surface area contributed by atoms with Crippen LogP contribution in [0.1, 0.15) is 39.7 Å². The van der Waals surface area contributed by atoms with Crippen molar-refractivity contribution in [2.45, 2.75) is 51.9 Å². The minimum atomic E-state index is -0.502. The molecule has 7 nitrogen and oxygen atoms in total. The third-order valence-electron chi connectivity index (χ3n) is 5.22. The maximum atomic E-state index is 12.3. The van der Waals surface area contributed by atoms with Crippen LogP contribution in [0.3, 0.4) is 0 Å². The molecule has 28 heavy (non-hydrogen) atoms. The highest BCUT2D eigenvalue weighted by atomic mass is 16.6. The molecule has 2 heterocycles. The Bertz CT molecular complexity index is 768. The Balaban J connectivity index is 1.71. The van der Waals surface area contributed by atoms with Crippen molar-refractivity contribution in [2.24, 2.45) is 0 Å². The lowest BCUT2D eigenvalue weighted by Gasteiger charge is -2.41. The Labute approximate surface area is 167 Å². The second kappa shape index (κ2) is 7.88. The SMILES string of the molecule is C[C@@H]1CN(C(=O)OC(C)(C)C)CCN1c1ccc(N2CC[C@H](O)C2)c(C#N)c1. The average Bonchev–Trinajstić information content (AvgIpc) is 3.06. The third kappa shape index (κ3) is 4.50. The number of hydrogen-bond acceptors (Lipinski definition) is 6. The first-order chi connectivity index (χ1) is 13.2. The molecule has 1 amide bonds. The molecule has 2 fully saturated rings. The standard InChI is InChI=1S/C21H30N4O3/c1-15-13-24(20(27)28-21(2,3)4)9-10-25(15)17-5-6-19(16(11-17)12-22)23-8-7-18(26)14-23/h5-6,11,15,18,26H,7-10,13-14H2,1-4H3/t15-,18+/m1/s1. The maximum absolute atomic E-state index is 12.3. The molecule has 2 atom stereocenters. The van der Waals surface area contributed by atoms with Gasteiger partial charge in [-0.05, 0) is 52.3 Å². The first-order valence-electron chi connectivity index (χ1n) is 9.89. The summed E-state index contributed by atoms with van der Waals surface area (Å²) in [5, 5.41) is 19.4. The zero-order valence-corrected chi connectivity index (χ0v) is 17.2. The number of ether oxygens (including phenoxy) is 1. The zero-order valence-electron chi connectivity index (χ0n) is 17.2. The smallest absolute Gasteiger partial charge is 0.410 e. The first kappa shape index (κ1) is 20.3. The number of nitriles is 1. The molecule has 1 aromatic rings. The van der Waals surface area contributed by atoms with E-state index < -0.39 is 5.60 Å². The van der Waals surface area contributed by atoms with Gasteiger partial charge in [-0.25, -0.2) is 4.79 Å². The summed E-state index contributed by atoms with van der Waals surface area (Å²) in [6.45, 7) is 10.9. The molecule has 0 saturated carbocycles. The molecule has 0 aromatic heterocycles. The van der Waals surface area contributed by atoms with E-state index in [-0.39, 0.29) is 18.2 Å². The Morgan fingerprint density at radius 3 is 2.57 bits per heavy atom. The number of nitrogens with zero attached hydrogens (tertiary/aromatic N) is 4. The molecule has 2 aliphatic rings. The van der Waals surface area contributed by atoms with Crippen LogP contribution in [0, 0.1) is 11.3 Å². The van der Waals surface area contributed by atoms with Gasteiger partial charge in [0, 0.05) is 44.5 Å². The molecular formula is C21H30N4O3. The summed E-state index contributed by atoms with van der Waals surface area (Å²) >= 11 is 0. The van der Waals surface area contributed by atoms with E-state index in [9.17, 15) is 15.2 Å². The molecule has 2 aliphatic heterocycles. The summed E-state index contributed by atoms with van der Waals surface area (Å²) in [7, 11) is 0. The lowest BCUT2D eigenvalue weighted by molar-refractivity contribution is 0.0219. The van der Waals surface area contributed by atoms with Crippen molar-refractivity contribution in [1.29, 1.82) is 5.26 Å². The van der Waals surface area contributed by atoms with Crippen LogP contribution in [-0.4, -0.2) is 66.6 Å². The number of carbonyl (C=O) groups is 1. The number of aliphatic hydroxyl groups is 1. The summed E-state index contributed by atoms with van der Waals surface area (Å²) in [5.74, 6) is 0. The van der Waals surface area contributed by atoms with Gasteiger partial charge in [0.1, 0.15) is 11.7 Å². The molecule has 2 saturated heterocycles. The van der Waals surface area contributed by atoms with E-state index in [4.69, 9.17) is 4.74 Å². The fourth-order valence-electron chi connectivity index (χ4n) is 3.86. The monoisotopic (exact) mass is 386 g/mol. The summed E-state index contributed by atoms with van der Waals surface area (Å²) < 4.78 is 5.48. The average molecular weight is 386 g/mol. The van der Waals surface area contributed by atoms with Gasteiger partial charge in [0.05, 0.1) is 17.4 Å². The van der Waals surface area contributed by atoms with E-state index in [2.05, 4.69) is 22.8 Å². The lowest BCUT2D eigenvalue weighted by atomic mass is 10.1. The summed E-state index contributed by atoms with van der Waals surface area (Å²) in [6, 6.07) is 8.33. The van der Waals surface area contributed by atoms with E-state index in [0.29, 0.717) is 31.7 Å². The van der Waals surface area contributed by atoms with Crippen LogP contribution in [-0.2, 0) is 4.74 Å². The highest BCUT2D eigenvalue weighted by molar-refractivity contribution is 5.70. The summed E-state index contributed by atoms with van der Waals surface area (Å²) in [6.07, 6.45) is 0.128. The highest BCUT2D eigenvalue weighted by Gasteiger charge is 2.30. The predicted octanol–water partition coefficient (Wildman–Crippen LogP) is 2.57. The number of carbonyl (C=O) groups excluding carboxylic acids is 1. The number of hydrogen-bond donors (Lipinski definition) is 1. The minimum absolute atomic E-state index is 0.118. The predicted molar refractivity (Wildman–Crippen MR) is 109 cm³/mol. The lowest BCUT2D eigenvalue weighted by Crippen LogP contribution is -2.54. The molecule has 0 bridgehead atoms. The van der Waals surface area contributed by atoms with E-state index >= 15 is 0 Å². The van der Waals surface area contributed by atoms with Crippen molar-refractivity contribution in [3.63, 3.8) is 0 Å². The van der Waals surface area contributed by atoms with Gasteiger partial charge in [0.25, 0.3) is 0 Å². The molecule has 152 valence electrons. The quantitative estimate of drug-likeness (QED) is 0.842. The van der Waals surface area contributed by atoms with E-state index in [1.807, 2.05) is 39.0 Å². The third-order valence-corrected chi connectivity index (χ3v) is 5.22. The van der Waals surface area contributed by atoms with E-state index in [1.54, 1.807) is 4.90 Å². The van der Waals surface area contributed by atoms with Gasteiger partial charge in [-0.3, -0.25) is 0 Å². The van der Waals surface area contributed by atoms with Crippen LogP contribution in [0.25, 0.3) is 0 Å². The first-order valence-corrected chi connectivity index (χ1v) is 9.89. The number of piperazine rings is 1. The molecule has 0 aliphatic carbocycles. The Morgan fingerprint density at radius 1 is 1.25 bits per heavy atom. The van der Waals surface area contributed by atoms with Crippen LogP contribution in [0.2, 0.25) is 0 Å². The van der Waals surface area contributed by atoms with Crippen molar-refractivity contribution < 1.29 is 14.6 Å². The number of aliphatic hydroxyl groups excluding tert-OH is 1. The van der Waals surface area contributed by atoms with Crippen LogP contribution < -0.4 is 9.80 Å². The Morgan fingerprint density at radius 2 is 2.00 bits per heavy atom. The van der Waals surface area contributed by atoms with Crippen molar-refractivity contribution in [3.05, 3.63) is 23.8 Å². The number of benzene rings is 1. The second-order valence-electron chi connectivity index (χ2n) is 8.67. The number of β-amino-alcohol motifs (C(OH)–C–C–N with tert-alkyl or cyclic N) is 1. The summed E-state index contributed by atoms with van der Waals surface area (Å²) in [5.41, 5.74) is 1.98. The van der Waals surface area contributed by atoms with Gasteiger partial charge in [-0.15, -0.1) is 0 Å². The Kier molecular flexibility index (Phi) is 5.71. The largest absolute Gasteiger partial charge is 0.444 e. The molecule has 1 N–H and O–H groups in total. The molecule has 0 unspecified atom stereocenters. The highest BCUT2D eigenvalue weighted by Crippen LogP contribution is 2.30. The Hall–Kier alpha value is -2.46. The van der Waals surface area contributed by atoms with Gasteiger partial charge in [-0.2, -0.15) is 5.26 Å². The number of amides is 1. The van der Waals surface area contributed by atoms with Crippen molar-refractivity contribution in [2.75, 3.05) is 42.5 Å². The van der Waals surface area contributed by atoms with Gasteiger partial charge < -0.3 is 24.5 Å². The van der Waals surface area contributed by atoms with Crippen LogP contribution in [0.4, 0.5) is 16.2 Å². The van der Waals surface area contributed by atoms with Crippen LogP contribution in [0.15, 0.2) is 18.2 Å². The zero-order chi connectivity index (χ0) is 20.5. The summed E-state index contributed by atoms with van der Waals surface area (Å²) in [4.78, 5) is 18.4. The topological polar surface area (TPSA) is 80.0 Å². The molecule has 0 radical (unpaired) electrons. The molecule has 3 rings (SSSR count). The van der Waals surface area contributed by atoms with Gasteiger partial charge >= 0.3 is 6.09 Å². The molecular weight excluding hydrogens is 356 g/mol. The van der Waals surface area contributed by atoms with Gasteiger partial charge in [-0.1, -0.05) is 0 Å². The number of rotatable bonds is 2. The minimum Gasteiger partial charge on any atom is -0.444 e. The van der Waals surface area contributed by atoms with Crippen molar-refractivity contribution >= 4 is 17.5 Å². The van der Waals surface area contributed by atoms with Crippen molar-refractivity contribution in [1.82, 2.24) is 4.90 Å². The fraction of sp³-hybridized carbons (Fsp3) is 0.619. The van der Waals surface area contributed by atoms with Crippen molar-refractivity contribution in [3.8, 4) is 6.07 Å². The van der Waals surface area contributed by atoms with Gasteiger partial charge in [0.2, 0.25) is 0 Å². The second-order valence-corrected chi connectivity index (χ2v) is 8.67. The molecule has 1 aromatic carbocycles. The maximum Gasteiger partial charge on any atom is 0.410 e. The molecule has 0 spiro atoms. The van der Waals surface area contributed by atoms with Crippen LogP contribution >= 0.6 is 0 Å².